The van der Waals surface area contributed by atoms with Crippen molar-refractivity contribution in [3.63, 3.8) is 0 Å². The van der Waals surface area contributed by atoms with Crippen molar-refractivity contribution in [1.82, 2.24) is 9.55 Å². The normalized spacial score (nSPS) is 32.2. The lowest BCUT2D eigenvalue weighted by molar-refractivity contribution is -0.0546. The van der Waals surface area contributed by atoms with Crippen LogP contribution >= 0.6 is 12.2 Å². The topological polar surface area (TPSA) is 93.5 Å². The van der Waals surface area contributed by atoms with Gasteiger partial charge in [0.15, 0.2) is 17.4 Å². The van der Waals surface area contributed by atoms with Crippen molar-refractivity contribution in [2.24, 2.45) is 5.92 Å². The van der Waals surface area contributed by atoms with E-state index in [1.807, 2.05) is 0 Å². The van der Waals surface area contributed by atoms with E-state index in [0.717, 1.165) is 4.57 Å². The standard InChI is InChI=1S/C12H14N2O5S/c1-5-2-8(16)14(12(17)13-5)11-10-6(3-9(20)19-10)7(4-15)18-11/h2,6-7,10-11,15H,3-4H2,1H3,(H,13,17)/t6?,7-,10?,11-/m1/s1. The largest absolute Gasteiger partial charge is 0.479 e. The third kappa shape index (κ3) is 2.00. The Kier molecular flexibility index (Phi) is 3.23. The summed E-state index contributed by atoms with van der Waals surface area (Å²) in [6.07, 6.45) is -1.38. The van der Waals surface area contributed by atoms with E-state index in [9.17, 15) is 14.7 Å². The molecule has 8 heteroatoms. The second-order valence-electron chi connectivity index (χ2n) is 5.04. The highest BCUT2D eigenvalue weighted by molar-refractivity contribution is 7.80. The second kappa shape index (κ2) is 4.80. The smallest absolute Gasteiger partial charge is 0.330 e. The molecule has 0 amide bonds. The van der Waals surface area contributed by atoms with Gasteiger partial charge in [-0.25, -0.2) is 9.36 Å². The Morgan fingerprint density at radius 3 is 2.95 bits per heavy atom. The fraction of sp³-hybridized carbons (Fsp3) is 0.583. The molecule has 108 valence electrons. The number of aromatic amines is 1. The molecule has 2 fully saturated rings. The van der Waals surface area contributed by atoms with Gasteiger partial charge in [0.05, 0.1) is 12.7 Å². The highest BCUT2D eigenvalue weighted by Gasteiger charge is 2.52. The fourth-order valence-corrected chi connectivity index (χ4v) is 3.12. The maximum absolute atomic E-state index is 12.0. The number of nitrogens with zero attached hydrogens (tertiary/aromatic N) is 1. The first-order chi connectivity index (χ1) is 9.51. The summed E-state index contributed by atoms with van der Waals surface area (Å²) in [4.78, 5) is 26.6. The van der Waals surface area contributed by atoms with Crippen molar-refractivity contribution in [2.75, 3.05) is 6.61 Å². The first-order valence-corrected chi connectivity index (χ1v) is 6.70. The number of hydrogen-bond acceptors (Lipinski definition) is 6. The van der Waals surface area contributed by atoms with Gasteiger partial charge in [0, 0.05) is 24.1 Å². The molecule has 2 aliphatic heterocycles. The number of H-pyrrole nitrogens is 1. The lowest BCUT2D eigenvalue weighted by Crippen LogP contribution is -2.42. The van der Waals surface area contributed by atoms with E-state index in [0.29, 0.717) is 17.2 Å². The van der Waals surface area contributed by atoms with Gasteiger partial charge in [-0.1, -0.05) is 0 Å². The molecule has 4 atom stereocenters. The number of hydrogen-bond donors (Lipinski definition) is 2. The van der Waals surface area contributed by atoms with Crippen LogP contribution in [0.2, 0.25) is 0 Å². The van der Waals surface area contributed by atoms with Crippen molar-refractivity contribution in [3.8, 4) is 0 Å². The zero-order valence-electron chi connectivity index (χ0n) is 10.7. The molecule has 0 aliphatic carbocycles. The SMILES string of the molecule is Cc1cc(=O)n([C@@H]2O[C@H](CO)C3CC(=S)OC32)c(=O)[nH]1. The third-order valence-corrected chi connectivity index (χ3v) is 3.96. The average molecular weight is 298 g/mol. The monoisotopic (exact) mass is 298 g/mol. The molecule has 2 N–H and O–H groups in total. The maximum Gasteiger partial charge on any atom is 0.330 e. The molecular formula is C12H14N2O5S. The maximum atomic E-state index is 12.0. The van der Waals surface area contributed by atoms with Crippen molar-refractivity contribution in [1.29, 1.82) is 0 Å². The summed E-state index contributed by atoms with van der Waals surface area (Å²) in [6, 6.07) is 1.32. The van der Waals surface area contributed by atoms with Crippen molar-refractivity contribution in [3.05, 3.63) is 32.6 Å². The molecule has 7 nitrogen and oxygen atoms in total. The van der Waals surface area contributed by atoms with Crippen molar-refractivity contribution in [2.45, 2.75) is 31.8 Å². The number of nitrogens with one attached hydrogen (secondary N) is 1. The van der Waals surface area contributed by atoms with Crippen molar-refractivity contribution >= 4 is 17.3 Å². The van der Waals surface area contributed by atoms with Gasteiger partial charge in [-0.05, 0) is 19.1 Å². The number of ether oxygens (including phenoxy) is 2. The van der Waals surface area contributed by atoms with Gasteiger partial charge >= 0.3 is 5.69 Å². The average Bonchev–Trinajstić information content (AvgIpc) is 2.86. The van der Waals surface area contributed by atoms with Crippen LogP contribution in [-0.2, 0) is 9.47 Å². The highest BCUT2D eigenvalue weighted by Crippen LogP contribution is 2.41. The van der Waals surface area contributed by atoms with E-state index in [1.165, 1.54) is 6.07 Å². The Morgan fingerprint density at radius 2 is 2.30 bits per heavy atom. The summed E-state index contributed by atoms with van der Waals surface area (Å²) in [5.41, 5.74) is -0.541. The molecule has 3 heterocycles. The van der Waals surface area contributed by atoms with Crippen molar-refractivity contribution < 1.29 is 14.6 Å². The van der Waals surface area contributed by atoms with Gasteiger partial charge in [0.2, 0.25) is 0 Å². The zero-order valence-corrected chi connectivity index (χ0v) is 11.6. The van der Waals surface area contributed by atoms with E-state index in [4.69, 9.17) is 21.7 Å². The molecular weight excluding hydrogens is 284 g/mol. The van der Waals surface area contributed by atoms with Crippen LogP contribution in [0, 0.1) is 12.8 Å². The van der Waals surface area contributed by atoms with E-state index >= 15 is 0 Å². The first kappa shape index (κ1) is 13.5. The van der Waals surface area contributed by atoms with Gasteiger partial charge in [0.1, 0.15) is 0 Å². The van der Waals surface area contributed by atoms with Gasteiger partial charge in [-0.2, -0.15) is 0 Å². The number of thiocarbonyl (C=S) groups is 1. The minimum atomic E-state index is -0.866. The van der Waals surface area contributed by atoms with Crippen LogP contribution in [0.15, 0.2) is 15.7 Å². The summed E-state index contributed by atoms with van der Waals surface area (Å²) in [5.74, 6) is -0.134. The van der Waals surface area contributed by atoms with Gasteiger partial charge in [0.25, 0.3) is 5.56 Å². The molecule has 1 aromatic rings. The predicted molar refractivity (Wildman–Crippen MR) is 72.6 cm³/mol. The third-order valence-electron chi connectivity index (χ3n) is 3.70. The lowest BCUT2D eigenvalue weighted by Gasteiger charge is -2.18. The quantitative estimate of drug-likeness (QED) is 0.713. The second-order valence-corrected chi connectivity index (χ2v) is 5.49. The number of fused-ring (bicyclic) bond motifs is 1. The molecule has 2 unspecified atom stereocenters. The fourth-order valence-electron chi connectivity index (χ4n) is 2.81. The van der Waals surface area contributed by atoms with Gasteiger partial charge in [-0.3, -0.25) is 4.79 Å². The van der Waals surface area contributed by atoms with Gasteiger partial charge < -0.3 is 19.6 Å². The minimum absolute atomic E-state index is 0.134. The summed E-state index contributed by atoms with van der Waals surface area (Å²) < 4.78 is 12.1. The van der Waals surface area contributed by atoms with Crippen LogP contribution in [0.1, 0.15) is 18.3 Å². The first-order valence-electron chi connectivity index (χ1n) is 6.29. The van der Waals surface area contributed by atoms with E-state index in [-0.39, 0.29) is 12.5 Å². The van der Waals surface area contributed by atoms with Crippen LogP contribution in [-0.4, -0.2) is 38.5 Å². The summed E-state index contributed by atoms with van der Waals surface area (Å²) in [5, 5.41) is 9.77. The molecule has 3 rings (SSSR count). The Hall–Kier alpha value is -1.51. The molecule has 20 heavy (non-hydrogen) atoms. The predicted octanol–water partition coefficient (Wildman–Crippen LogP) is -0.533. The molecule has 0 aromatic carbocycles. The van der Waals surface area contributed by atoms with Gasteiger partial charge in [-0.15, -0.1) is 0 Å². The van der Waals surface area contributed by atoms with Crippen LogP contribution in [0.3, 0.4) is 0 Å². The number of aliphatic hydroxyl groups excluding tert-OH is 1. The minimum Gasteiger partial charge on any atom is -0.479 e. The summed E-state index contributed by atoms with van der Waals surface area (Å²) in [6.45, 7) is 1.42. The zero-order chi connectivity index (χ0) is 14.4. The lowest BCUT2D eigenvalue weighted by atomic mass is 9.97. The van der Waals surface area contributed by atoms with E-state index in [1.54, 1.807) is 6.92 Å². The summed E-state index contributed by atoms with van der Waals surface area (Å²) >= 11 is 5.03. The molecule has 0 spiro atoms. The highest BCUT2D eigenvalue weighted by atomic mass is 32.1. The van der Waals surface area contributed by atoms with Crippen LogP contribution in [0.4, 0.5) is 0 Å². The van der Waals surface area contributed by atoms with Crippen LogP contribution < -0.4 is 11.2 Å². The Balaban J connectivity index is 2.05. The number of aromatic nitrogens is 2. The molecule has 1 aromatic heterocycles. The molecule has 0 saturated carbocycles. The Bertz CT molecular complexity index is 635. The summed E-state index contributed by atoms with van der Waals surface area (Å²) in [7, 11) is 0. The van der Waals surface area contributed by atoms with E-state index < -0.39 is 29.7 Å². The molecule has 2 saturated heterocycles. The van der Waals surface area contributed by atoms with Crippen LogP contribution in [0.25, 0.3) is 0 Å². The molecule has 0 radical (unpaired) electrons. The van der Waals surface area contributed by atoms with Crippen LogP contribution in [0.5, 0.6) is 0 Å². The Morgan fingerprint density at radius 1 is 1.55 bits per heavy atom. The van der Waals surface area contributed by atoms with E-state index in [2.05, 4.69) is 4.98 Å². The number of aryl methyl sites for hydroxylation is 1. The number of aliphatic hydroxyl groups is 1. The Labute approximate surface area is 119 Å². The number of rotatable bonds is 2. The molecule has 2 aliphatic rings. The molecule has 0 bridgehead atoms.